The molecule has 0 radical (unpaired) electrons. The molecular formula is C11H21ClN4OS2. The van der Waals surface area contributed by atoms with Crippen molar-refractivity contribution in [2.45, 2.75) is 38.6 Å². The molecule has 5 nitrogen and oxygen atoms in total. The highest BCUT2D eigenvalue weighted by atomic mass is 35.5. The van der Waals surface area contributed by atoms with Gasteiger partial charge in [-0.2, -0.15) is 11.8 Å². The van der Waals surface area contributed by atoms with Gasteiger partial charge in [0.1, 0.15) is 5.01 Å². The lowest BCUT2D eigenvalue weighted by molar-refractivity contribution is -0.117. The Morgan fingerprint density at radius 2 is 2.11 bits per heavy atom. The molecule has 19 heavy (non-hydrogen) atoms. The lowest BCUT2D eigenvalue weighted by Gasteiger charge is -2.12. The zero-order chi connectivity index (χ0) is 13.8. The van der Waals surface area contributed by atoms with Crippen LogP contribution in [0.1, 0.15) is 32.2 Å². The van der Waals surface area contributed by atoms with Crippen molar-refractivity contribution in [3.63, 3.8) is 0 Å². The number of nitrogens with zero attached hydrogens (tertiary/aromatic N) is 2. The third-order valence-corrected chi connectivity index (χ3v) is 4.17. The highest BCUT2D eigenvalue weighted by Crippen LogP contribution is 2.27. The molecule has 0 fully saturated rings. The number of carbonyl (C=O) groups excluding carboxylic acids is 1. The SMILES string of the molecule is CSCC[C@H](N)C(=O)Nc1nnc(C(C)(C)C)s1.Cl. The fraction of sp³-hybridized carbons (Fsp3) is 0.727. The molecule has 1 aromatic rings. The highest BCUT2D eigenvalue weighted by molar-refractivity contribution is 7.98. The normalized spacial score (nSPS) is 12.7. The van der Waals surface area contributed by atoms with Gasteiger partial charge in [-0.1, -0.05) is 32.1 Å². The molecule has 0 bridgehead atoms. The van der Waals surface area contributed by atoms with Crippen molar-refractivity contribution in [2.75, 3.05) is 17.3 Å². The summed E-state index contributed by atoms with van der Waals surface area (Å²) in [6, 6.07) is -0.487. The quantitative estimate of drug-likeness (QED) is 0.868. The van der Waals surface area contributed by atoms with Crippen molar-refractivity contribution in [3.05, 3.63) is 5.01 Å². The molecule has 0 aliphatic carbocycles. The Kier molecular flexibility index (Phi) is 7.88. The van der Waals surface area contributed by atoms with Gasteiger partial charge in [-0.15, -0.1) is 22.6 Å². The summed E-state index contributed by atoms with van der Waals surface area (Å²) in [5.41, 5.74) is 5.72. The number of anilines is 1. The Morgan fingerprint density at radius 1 is 1.47 bits per heavy atom. The molecule has 3 N–H and O–H groups in total. The molecule has 0 aliphatic heterocycles. The topological polar surface area (TPSA) is 80.9 Å². The van der Waals surface area contributed by atoms with Crippen molar-refractivity contribution < 1.29 is 4.79 Å². The van der Waals surface area contributed by atoms with Gasteiger partial charge < -0.3 is 5.73 Å². The van der Waals surface area contributed by atoms with E-state index in [-0.39, 0.29) is 23.7 Å². The van der Waals surface area contributed by atoms with Gasteiger partial charge in [-0.05, 0) is 18.4 Å². The molecule has 0 saturated heterocycles. The molecular weight excluding hydrogens is 304 g/mol. The van der Waals surface area contributed by atoms with Gasteiger partial charge >= 0.3 is 0 Å². The Bertz CT molecular complexity index is 406. The molecule has 110 valence electrons. The second-order valence-electron chi connectivity index (χ2n) is 5.04. The lowest BCUT2D eigenvalue weighted by atomic mass is 9.98. The number of carbonyl (C=O) groups is 1. The van der Waals surface area contributed by atoms with Gasteiger partial charge in [0.05, 0.1) is 6.04 Å². The number of aromatic nitrogens is 2. The minimum absolute atomic E-state index is 0. The summed E-state index contributed by atoms with van der Waals surface area (Å²) < 4.78 is 0. The Balaban J connectivity index is 0.00000324. The summed E-state index contributed by atoms with van der Waals surface area (Å²) in [4.78, 5) is 11.8. The number of nitrogens with two attached hydrogens (primary N) is 1. The second kappa shape index (κ2) is 8.04. The summed E-state index contributed by atoms with van der Waals surface area (Å²) in [5, 5.41) is 12.2. The molecule has 1 heterocycles. The van der Waals surface area contributed by atoms with Crippen LogP contribution < -0.4 is 11.1 Å². The first kappa shape index (κ1) is 18.6. The Morgan fingerprint density at radius 3 is 2.58 bits per heavy atom. The van der Waals surface area contributed by atoms with Crippen LogP contribution in [-0.4, -0.2) is 34.2 Å². The van der Waals surface area contributed by atoms with Crippen LogP contribution in [0.4, 0.5) is 5.13 Å². The molecule has 0 saturated carbocycles. The van der Waals surface area contributed by atoms with E-state index >= 15 is 0 Å². The number of amides is 1. The van der Waals surface area contributed by atoms with Crippen LogP contribution in [-0.2, 0) is 10.2 Å². The third-order valence-electron chi connectivity index (χ3n) is 2.27. The summed E-state index contributed by atoms with van der Waals surface area (Å²) in [7, 11) is 0. The Labute approximate surface area is 128 Å². The van der Waals surface area contributed by atoms with Gasteiger partial charge in [0, 0.05) is 5.41 Å². The number of hydrogen-bond acceptors (Lipinski definition) is 6. The van der Waals surface area contributed by atoms with Crippen LogP contribution in [0, 0.1) is 0 Å². The van der Waals surface area contributed by atoms with Crippen molar-refractivity contribution in [1.29, 1.82) is 0 Å². The lowest BCUT2D eigenvalue weighted by Crippen LogP contribution is -2.36. The monoisotopic (exact) mass is 324 g/mol. The maximum atomic E-state index is 11.8. The molecule has 0 spiro atoms. The van der Waals surface area contributed by atoms with E-state index in [1.165, 1.54) is 11.3 Å². The fourth-order valence-electron chi connectivity index (χ4n) is 1.15. The number of rotatable bonds is 5. The standard InChI is InChI=1S/C11H20N4OS2.ClH/c1-11(2,3)9-14-15-10(18-9)13-8(16)7(12)5-6-17-4;/h7H,5-6,12H2,1-4H3,(H,13,15,16);1H/t7-;/m0./s1. The predicted octanol–water partition coefficient (Wildman–Crippen LogP) is 2.28. The van der Waals surface area contributed by atoms with Crippen molar-refractivity contribution in [3.8, 4) is 0 Å². The van der Waals surface area contributed by atoms with Crippen LogP contribution in [0.15, 0.2) is 0 Å². The van der Waals surface area contributed by atoms with Crippen LogP contribution in [0.5, 0.6) is 0 Å². The summed E-state index contributed by atoms with van der Waals surface area (Å²) in [6.45, 7) is 6.18. The minimum atomic E-state index is -0.487. The third kappa shape index (κ3) is 6.07. The summed E-state index contributed by atoms with van der Waals surface area (Å²) >= 11 is 3.07. The average Bonchev–Trinajstić information content (AvgIpc) is 2.73. The van der Waals surface area contributed by atoms with E-state index in [1.807, 2.05) is 6.26 Å². The maximum Gasteiger partial charge on any atom is 0.243 e. The van der Waals surface area contributed by atoms with Crippen LogP contribution >= 0.6 is 35.5 Å². The summed E-state index contributed by atoms with van der Waals surface area (Å²) in [6.07, 6.45) is 2.66. The van der Waals surface area contributed by atoms with Crippen LogP contribution in [0.3, 0.4) is 0 Å². The minimum Gasteiger partial charge on any atom is -0.320 e. The van der Waals surface area contributed by atoms with Gasteiger partial charge in [0.15, 0.2) is 0 Å². The maximum absolute atomic E-state index is 11.8. The zero-order valence-corrected chi connectivity index (χ0v) is 14.0. The van der Waals surface area contributed by atoms with E-state index in [2.05, 4.69) is 36.3 Å². The smallest absolute Gasteiger partial charge is 0.243 e. The molecule has 0 aromatic carbocycles. The first-order valence-electron chi connectivity index (χ1n) is 5.74. The molecule has 0 aliphatic rings. The van der Waals surface area contributed by atoms with E-state index < -0.39 is 6.04 Å². The van der Waals surface area contributed by atoms with Crippen molar-refractivity contribution in [1.82, 2.24) is 10.2 Å². The van der Waals surface area contributed by atoms with E-state index in [1.54, 1.807) is 11.8 Å². The van der Waals surface area contributed by atoms with E-state index in [0.717, 1.165) is 10.8 Å². The number of nitrogens with one attached hydrogen (secondary N) is 1. The van der Waals surface area contributed by atoms with Gasteiger partial charge in [-0.3, -0.25) is 10.1 Å². The molecule has 1 amide bonds. The zero-order valence-electron chi connectivity index (χ0n) is 11.6. The fourth-order valence-corrected chi connectivity index (χ4v) is 2.44. The molecule has 1 aromatic heterocycles. The van der Waals surface area contributed by atoms with E-state index in [9.17, 15) is 4.79 Å². The first-order valence-corrected chi connectivity index (χ1v) is 7.95. The van der Waals surface area contributed by atoms with Crippen LogP contribution in [0.2, 0.25) is 0 Å². The highest BCUT2D eigenvalue weighted by Gasteiger charge is 2.21. The van der Waals surface area contributed by atoms with Gasteiger partial charge in [-0.25, -0.2) is 0 Å². The number of thioether (sulfide) groups is 1. The average molecular weight is 325 g/mol. The summed E-state index contributed by atoms with van der Waals surface area (Å²) in [5.74, 6) is 0.679. The van der Waals surface area contributed by atoms with Crippen LogP contribution in [0.25, 0.3) is 0 Å². The molecule has 8 heteroatoms. The van der Waals surface area contributed by atoms with Crippen molar-refractivity contribution in [2.24, 2.45) is 5.73 Å². The predicted molar refractivity (Wildman–Crippen MR) is 85.5 cm³/mol. The van der Waals surface area contributed by atoms with Crippen molar-refractivity contribution >= 4 is 46.5 Å². The number of hydrogen-bond donors (Lipinski definition) is 2. The first-order chi connectivity index (χ1) is 8.34. The van der Waals surface area contributed by atoms with E-state index in [0.29, 0.717) is 11.6 Å². The molecule has 1 atom stereocenters. The van der Waals surface area contributed by atoms with E-state index in [4.69, 9.17) is 5.73 Å². The number of halogens is 1. The van der Waals surface area contributed by atoms with Gasteiger partial charge in [0.25, 0.3) is 0 Å². The Hall–Kier alpha value is -0.370. The second-order valence-corrected chi connectivity index (χ2v) is 7.00. The molecule has 0 unspecified atom stereocenters. The molecule has 1 rings (SSSR count). The largest absolute Gasteiger partial charge is 0.320 e. The van der Waals surface area contributed by atoms with Gasteiger partial charge in [0.2, 0.25) is 11.0 Å².